The Morgan fingerprint density at radius 1 is 1.14 bits per heavy atom. The molecule has 1 N–H and O–H groups in total. The zero-order valence-electron chi connectivity index (χ0n) is 16.3. The van der Waals surface area contributed by atoms with Gasteiger partial charge in [0.2, 0.25) is 21.8 Å². The highest BCUT2D eigenvalue weighted by molar-refractivity contribution is 7.89. The van der Waals surface area contributed by atoms with Gasteiger partial charge in [-0.15, -0.1) is 0 Å². The molecule has 9 heteroatoms. The Labute approximate surface area is 165 Å². The van der Waals surface area contributed by atoms with E-state index in [2.05, 4.69) is 5.32 Å². The van der Waals surface area contributed by atoms with Gasteiger partial charge in [0.1, 0.15) is 5.75 Å². The van der Waals surface area contributed by atoms with Gasteiger partial charge in [-0.05, 0) is 36.6 Å². The van der Waals surface area contributed by atoms with Crippen molar-refractivity contribution in [1.82, 2.24) is 14.5 Å². The summed E-state index contributed by atoms with van der Waals surface area (Å²) >= 11 is 0. The first-order chi connectivity index (χ1) is 13.3. The lowest BCUT2D eigenvalue weighted by Gasteiger charge is -2.34. The van der Waals surface area contributed by atoms with Crippen LogP contribution in [0.4, 0.5) is 0 Å². The number of benzene rings is 1. The molecule has 2 atom stereocenters. The second-order valence-electron chi connectivity index (χ2n) is 7.32. The Morgan fingerprint density at radius 2 is 1.75 bits per heavy atom. The van der Waals surface area contributed by atoms with Gasteiger partial charge in [-0.25, -0.2) is 8.42 Å². The molecule has 1 saturated carbocycles. The molecular formula is C19H27N3O5S. The van der Waals surface area contributed by atoms with E-state index >= 15 is 0 Å². The standard InChI is InChI=1S/C19H27N3O5S/c1-14-13-17(14)19(24)20-8-7-18(23)21-9-11-22(12-10-21)28(25,26)16-5-3-15(27-2)4-6-16/h3-6,14,17H,7-13H2,1-2H3,(H,20,24). The first-order valence-corrected chi connectivity index (χ1v) is 11.0. The van der Waals surface area contributed by atoms with E-state index in [0.29, 0.717) is 31.3 Å². The minimum atomic E-state index is -3.59. The fourth-order valence-electron chi connectivity index (χ4n) is 3.34. The van der Waals surface area contributed by atoms with Crippen LogP contribution in [0.25, 0.3) is 0 Å². The van der Waals surface area contributed by atoms with E-state index in [1.165, 1.54) is 23.5 Å². The fourth-order valence-corrected chi connectivity index (χ4v) is 4.77. The summed E-state index contributed by atoms with van der Waals surface area (Å²) in [6.07, 6.45) is 1.16. The van der Waals surface area contributed by atoms with Gasteiger partial charge in [0.25, 0.3) is 0 Å². The highest BCUT2D eigenvalue weighted by atomic mass is 32.2. The highest BCUT2D eigenvalue weighted by Crippen LogP contribution is 2.37. The third-order valence-electron chi connectivity index (χ3n) is 5.37. The van der Waals surface area contributed by atoms with Gasteiger partial charge in [0.05, 0.1) is 12.0 Å². The van der Waals surface area contributed by atoms with E-state index in [4.69, 9.17) is 4.74 Å². The second kappa shape index (κ2) is 8.48. The summed E-state index contributed by atoms with van der Waals surface area (Å²) in [4.78, 5) is 26.0. The first-order valence-electron chi connectivity index (χ1n) is 9.52. The molecule has 154 valence electrons. The van der Waals surface area contributed by atoms with E-state index in [1.807, 2.05) is 6.92 Å². The van der Waals surface area contributed by atoms with Crippen molar-refractivity contribution in [1.29, 1.82) is 0 Å². The average Bonchev–Trinajstić information content (AvgIpc) is 3.44. The first kappa shape index (κ1) is 20.6. The summed E-state index contributed by atoms with van der Waals surface area (Å²) in [7, 11) is -2.06. The van der Waals surface area contributed by atoms with E-state index in [-0.39, 0.29) is 42.1 Å². The summed E-state index contributed by atoms with van der Waals surface area (Å²) in [5.41, 5.74) is 0. The van der Waals surface area contributed by atoms with Crippen LogP contribution < -0.4 is 10.1 Å². The molecule has 3 rings (SSSR count). The number of sulfonamides is 1. The molecule has 1 saturated heterocycles. The topological polar surface area (TPSA) is 96.0 Å². The Balaban J connectivity index is 1.46. The second-order valence-corrected chi connectivity index (χ2v) is 9.26. The molecule has 1 aliphatic carbocycles. The van der Waals surface area contributed by atoms with Crippen molar-refractivity contribution in [3.63, 3.8) is 0 Å². The van der Waals surface area contributed by atoms with Crippen LogP contribution in [-0.2, 0) is 19.6 Å². The van der Waals surface area contributed by atoms with E-state index in [0.717, 1.165) is 6.42 Å². The maximum Gasteiger partial charge on any atom is 0.243 e. The number of rotatable bonds is 7. The van der Waals surface area contributed by atoms with Crippen LogP contribution in [-0.4, -0.2) is 69.3 Å². The molecule has 0 bridgehead atoms. The predicted octanol–water partition coefficient (Wildman–Crippen LogP) is 0.690. The minimum Gasteiger partial charge on any atom is -0.497 e. The monoisotopic (exact) mass is 409 g/mol. The van der Waals surface area contributed by atoms with E-state index in [1.54, 1.807) is 17.0 Å². The van der Waals surface area contributed by atoms with Crippen molar-refractivity contribution in [3.8, 4) is 5.75 Å². The summed E-state index contributed by atoms with van der Waals surface area (Å²) < 4.78 is 31.9. The highest BCUT2D eigenvalue weighted by Gasteiger charge is 2.38. The number of carbonyl (C=O) groups excluding carboxylic acids is 2. The lowest BCUT2D eigenvalue weighted by Crippen LogP contribution is -2.50. The van der Waals surface area contributed by atoms with Crippen molar-refractivity contribution >= 4 is 21.8 Å². The van der Waals surface area contributed by atoms with Gasteiger partial charge in [-0.2, -0.15) is 4.31 Å². The third kappa shape index (κ3) is 4.64. The van der Waals surface area contributed by atoms with E-state index in [9.17, 15) is 18.0 Å². The van der Waals surface area contributed by atoms with Crippen LogP contribution >= 0.6 is 0 Å². The zero-order chi connectivity index (χ0) is 20.3. The number of methoxy groups -OCH3 is 1. The predicted molar refractivity (Wildman–Crippen MR) is 103 cm³/mol. The van der Waals surface area contributed by atoms with E-state index < -0.39 is 10.0 Å². The fraction of sp³-hybridized carbons (Fsp3) is 0.579. The normalized spacial score (nSPS) is 22.6. The number of piperazine rings is 1. The number of nitrogens with zero attached hydrogens (tertiary/aromatic N) is 2. The average molecular weight is 410 g/mol. The molecule has 2 amide bonds. The summed E-state index contributed by atoms with van der Waals surface area (Å²) in [5.74, 6) is 1.09. The van der Waals surface area contributed by atoms with Crippen molar-refractivity contribution in [2.75, 3.05) is 39.8 Å². The summed E-state index contributed by atoms with van der Waals surface area (Å²) in [6.45, 7) is 3.57. The maximum atomic E-state index is 12.7. The molecule has 1 aromatic rings. The van der Waals surface area contributed by atoms with Crippen LogP contribution in [0.1, 0.15) is 19.8 Å². The van der Waals surface area contributed by atoms with Gasteiger partial charge in [0.15, 0.2) is 0 Å². The van der Waals surface area contributed by atoms with Gasteiger partial charge in [-0.1, -0.05) is 6.92 Å². The molecule has 2 unspecified atom stereocenters. The Hall–Kier alpha value is -2.13. The number of carbonyl (C=O) groups is 2. The zero-order valence-corrected chi connectivity index (χ0v) is 17.1. The molecule has 1 aliphatic heterocycles. The molecule has 2 aliphatic rings. The van der Waals surface area contributed by atoms with Gasteiger partial charge in [-0.3, -0.25) is 9.59 Å². The van der Waals surface area contributed by atoms with Gasteiger partial charge in [0, 0.05) is 45.1 Å². The van der Waals surface area contributed by atoms with Crippen LogP contribution in [0.2, 0.25) is 0 Å². The largest absolute Gasteiger partial charge is 0.497 e. The smallest absolute Gasteiger partial charge is 0.243 e. The Kier molecular flexibility index (Phi) is 6.24. The summed E-state index contributed by atoms with van der Waals surface area (Å²) in [5, 5.41) is 2.81. The van der Waals surface area contributed by atoms with Gasteiger partial charge < -0.3 is 15.0 Å². The number of ether oxygens (including phenoxy) is 1. The molecule has 0 aromatic heterocycles. The molecule has 1 heterocycles. The molecule has 1 aromatic carbocycles. The Morgan fingerprint density at radius 3 is 2.29 bits per heavy atom. The number of amides is 2. The number of hydrogen-bond donors (Lipinski definition) is 1. The van der Waals surface area contributed by atoms with Crippen molar-refractivity contribution in [3.05, 3.63) is 24.3 Å². The third-order valence-corrected chi connectivity index (χ3v) is 7.29. The maximum absolute atomic E-state index is 12.7. The minimum absolute atomic E-state index is 0.0238. The molecule has 2 fully saturated rings. The molecule has 8 nitrogen and oxygen atoms in total. The number of nitrogens with one attached hydrogen (secondary N) is 1. The van der Waals surface area contributed by atoms with Crippen molar-refractivity contribution < 1.29 is 22.7 Å². The molecular weight excluding hydrogens is 382 g/mol. The van der Waals surface area contributed by atoms with Crippen LogP contribution in [0.5, 0.6) is 5.75 Å². The SMILES string of the molecule is COc1ccc(S(=O)(=O)N2CCN(C(=O)CCNC(=O)C3CC3C)CC2)cc1. The van der Waals surface area contributed by atoms with Crippen molar-refractivity contribution in [2.45, 2.75) is 24.7 Å². The summed E-state index contributed by atoms with van der Waals surface area (Å²) in [6, 6.07) is 6.27. The lowest BCUT2D eigenvalue weighted by atomic mass is 10.3. The molecule has 0 radical (unpaired) electrons. The van der Waals surface area contributed by atoms with Crippen LogP contribution in [0, 0.1) is 11.8 Å². The molecule has 28 heavy (non-hydrogen) atoms. The molecule has 0 spiro atoms. The lowest BCUT2D eigenvalue weighted by molar-refractivity contribution is -0.132. The van der Waals surface area contributed by atoms with Crippen LogP contribution in [0.15, 0.2) is 29.2 Å². The van der Waals surface area contributed by atoms with Crippen molar-refractivity contribution in [2.24, 2.45) is 11.8 Å². The van der Waals surface area contributed by atoms with Crippen LogP contribution in [0.3, 0.4) is 0 Å². The number of hydrogen-bond acceptors (Lipinski definition) is 5. The van der Waals surface area contributed by atoms with Gasteiger partial charge >= 0.3 is 0 Å². The quantitative estimate of drug-likeness (QED) is 0.715. The Bertz CT molecular complexity index is 816.